The van der Waals surface area contributed by atoms with E-state index in [9.17, 15) is 0 Å². The third kappa shape index (κ3) is 5.20. The molecule has 0 atom stereocenters. The summed E-state index contributed by atoms with van der Waals surface area (Å²) in [5.74, 6) is 0.692. The predicted octanol–water partition coefficient (Wildman–Crippen LogP) is 10.5. The number of aryl methyl sites for hydroxylation is 2. The molecule has 4 nitrogen and oxygen atoms in total. The summed E-state index contributed by atoms with van der Waals surface area (Å²) in [6.45, 7) is 4.17. The number of aromatic nitrogens is 4. The molecule has 0 bridgehead atoms. The SMILES string of the molecule is Cc1cc(C)c2ccc3ccc(-c4cccc(-c5cc(-c6ccc(-c7ccccc7)cc6)nc(-c6ccccc6)n5)c4)nc3c2n1. The van der Waals surface area contributed by atoms with E-state index in [1.54, 1.807) is 0 Å². The minimum atomic E-state index is 0.692. The maximum absolute atomic E-state index is 5.16. The van der Waals surface area contributed by atoms with E-state index in [2.05, 4.69) is 128 Å². The van der Waals surface area contributed by atoms with Gasteiger partial charge in [0, 0.05) is 38.7 Å². The highest BCUT2D eigenvalue weighted by molar-refractivity contribution is 6.04. The second-order valence-electron chi connectivity index (χ2n) is 11.7. The lowest BCUT2D eigenvalue weighted by atomic mass is 10.0. The quantitative estimate of drug-likeness (QED) is 0.187. The molecule has 0 saturated heterocycles. The van der Waals surface area contributed by atoms with E-state index in [0.29, 0.717) is 5.82 Å². The van der Waals surface area contributed by atoms with Crippen LogP contribution >= 0.6 is 0 Å². The van der Waals surface area contributed by atoms with Crippen molar-refractivity contribution in [3.8, 4) is 56.3 Å². The van der Waals surface area contributed by atoms with E-state index in [0.717, 1.165) is 66.8 Å². The van der Waals surface area contributed by atoms with Gasteiger partial charge in [-0.25, -0.2) is 15.0 Å². The fourth-order valence-corrected chi connectivity index (χ4v) is 6.13. The lowest BCUT2D eigenvalue weighted by molar-refractivity contribution is 1.18. The average Bonchev–Trinajstić information content (AvgIpc) is 3.12. The molecule has 218 valence electrons. The van der Waals surface area contributed by atoms with Gasteiger partial charge in [-0.2, -0.15) is 0 Å². The monoisotopic (exact) mass is 590 g/mol. The Morgan fingerprint density at radius 3 is 1.70 bits per heavy atom. The van der Waals surface area contributed by atoms with Gasteiger partial charge >= 0.3 is 0 Å². The van der Waals surface area contributed by atoms with Crippen LogP contribution in [0.15, 0.2) is 146 Å². The van der Waals surface area contributed by atoms with Gasteiger partial charge in [0.25, 0.3) is 0 Å². The zero-order valence-corrected chi connectivity index (χ0v) is 25.6. The number of nitrogens with zero attached hydrogens (tertiary/aromatic N) is 4. The molecule has 8 rings (SSSR count). The van der Waals surface area contributed by atoms with E-state index in [-0.39, 0.29) is 0 Å². The topological polar surface area (TPSA) is 51.6 Å². The molecule has 0 aliphatic carbocycles. The van der Waals surface area contributed by atoms with Gasteiger partial charge in [-0.15, -0.1) is 0 Å². The number of hydrogen-bond donors (Lipinski definition) is 0. The molecule has 0 amide bonds. The molecule has 3 heterocycles. The van der Waals surface area contributed by atoms with Crippen molar-refractivity contribution in [3.05, 3.63) is 157 Å². The van der Waals surface area contributed by atoms with Crippen molar-refractivity contribution in [2.24, 2.45) is 0 Å². The summed E-state index contributed by atoms with van der Waals surface area (Å²) in [6, 6.07) is 50.3. The molecule has 46 heavy (non-hydrogen) atoms. The number of rotatable bonds is 5. The van der Waals surface area contributed by atoms with Crippen LogP contribution in [0.1, 0.15) is 11.3 Å². The van der Waals surface area contributed by atoms with E-state index in [1.807, 2.05) is 31.2 Å². The second-order valence-corrected chi connectivity index (χ2v) is 11.7. The van der Waals surface area contributed by atoms with E-state index in [1.165, 1.54) is 16.7 Å². The summed E-state index contributed by atoms with van der Waals surface area (Å²) in [7, 11) is 0. The third-order valence-corrected chi connectivity index (χ3v) is 8.47. The number of pyridine rings is 2. The van der Waals surface area contributed by atoms with Gasteiger partial charge in [0.05, 0.1) is 28.1 Å². The number of fused-ring (bicyclic) bond motifs is 3. The normalized spacial score (nSPS) is 11.3. The van der Waals surface area contributed by atoms with Crippen LogP contribution in [0.5, 0.6) is 0 Å². The Hall–Kier alpha value is -6.00. The van der Waals surface area contributed by atoms with Crippen molar-refractivity contribution in [2.45, 2.75) is 13.8 Å². The van der Waals surface area contributed by atoms with Crippen molar-refractivity contribution in [1.82, 2.24) is 19.9 Å². The summed E-state index contributed by atoms with van der Waals surface area (Å²) in [5.41, 5.74) is 13.1. The molecule has 0 N–H and O–H groups in total. The summed E-state index contributed by atoms with van der Waals surface area (Å²) < 4.78 is 0. The Balaban J connectivity index is 1.23. The van der Waals surface area contributed by atoms with Gasteiger partial charge in [-0.05, 0) is 54.8 Å². The molecular formula is C42H30N4. The standard InChI is InChI=1S/C42H30N4/c1-27-24-28(2)43-41-36(27)22-20-32-21-23-37(44-40(32)41)34-14-9-15-35(25-34)39-26-38(45-42(46-39)33-12-7-4-8-13-33)31-18-16-30(17-19-31)29-10-5-3-6-11-29/h3-26H,1-2H3. The molecule has 0 fully saturated rings. The Labute approximate surface area is 268 Å². The lowest BCUT2D eigenvalue weighted by Gasteiger charge is -2.12. The van der Waals surface area contributed by atoms with Crippen molar-refractivity contribution < 1.29 is 0 Å². The fourth-order valence-electron chi connectivity index (χ4n) is 6.13. The molecule has 8 aromatic rings. The van der Waals surface area contributed by atoms with Crippen molar-refractivity contribution >= 4 is 21.8 Å². The second kappa shape index (κ2) is 11.5. The molecule has 0 aliphatic rings. The summed E-state index contributed by atoms with van der Waals surface area (Å²) >= 11 is 0. The highest BCUT2D eigenvalue weighted by atomic mass is 14.9. The lowest BCUT2D eigenvalue weighted by Crippen LogP contribution is -1.96. The zero-order chi connectivity index (χ0) is 31.0. The molecule has 4 heteroatoms. The first-order chi connectivity index (χ1) is 22.6. The first-order valence-corrected chi connectivity index (χ1v) is 15.5. The average molecular weight is 591 g/mol. The Kier molecular flexibility index (Phi) is 6.88. The molecule has 0 spiro atoms. The number of hydrogen-bond acceptors (Lipinski definition) is 4. The van der Waals surface area contributed by atoms with E-state index >= 15 is 0 Å². The van der Waals surface area contributed by atoms with Crippen LogP contribution in [0.3, 0.4) is 0 Å². The van der Waals surface area contributed by atoms with Crippen LogP contribution in [0.2, 0.25) is 0 Å². The molecule has 0 radical (unpaired) electrons. The van der Waals surface area contributed by atoms with Crippen LogP contribution in [0.25, 0.3) is 78.1 Å². The van der Waals surface area contributed by atoms with Crippen LogP contribution < -0.4 is 0 Å². The maximum atomic E-state index is 5.16. The summed E-state index contributed by atoms with van der Waals surface area (Å²) in [5, 5.41) is 2.21. The smallest absolute Gasteiger partial charge is 0.160 e. The summed E-state index contributed by atoms with van der Waals surface area (Å²) in [4.78, 5) is 20.1. The van der Waals surface area contributed by atoms with Crippen molar-refractivity contribution in [1.29, 1.82) is 0 Å². The molecular weight excluding hydrogens is 560 g/mol. The molecule has 0 unspecified atom stereocenters. The minimum absolute atomic E-state index is 0.692. The Morgan fingerprint density at radius 1 is 0.370 bits per heavy atom. The summed E-state index contributed by atoms with van der Waals surface area (Å²) in [6.07, 6.45) is 0. The van der Waals surface area contributed by atoms with Crippen molar-refractivity contribution in [3.63, 3.8) is 0 Å². The molecule has 0 aliphatic heterocycles. The fraction of sp³-hybridized carbons (Fsp3) is 0.0476. The third-order valence-electron chi connectivity index (χ3n) is 8.47. The van der Waals surface area contributed by atoms with Gasteiger partial charge in [0.1, 0.15) is 0 Å². The molecule has 5 aromatic carbocycles. The van der Waals surface area contributed by atoms with Gasteiger partial charge in [0.15, 0.2) is 5.82 Å². The van der Waals surface area contributed by atoms with Crippen LogP contribution in [-0.4, -0.2) is 19.9 Å². The van der Waals surface area contributed by atoms with Gasteiger partial charge in [-0.3, -0.25) is 4.98 Å². The Morgan fingerprint density at radius 2 is 0.957 bits per heavy atom. The predicted molar refractivity (Wildman–Crippen MR) is 189 cm³/mol. The largest absolute Gasteiger partial charge is 0.251 e. The van der Waals surface area contributed by atoms with Gasteiger partial charge in [0.2, 0.25) is 0 Å². The minimum Gasteiger partial charge on any atom is -0.251 e. The first-order valence-electron chi connectivity index (χ1n) is 15.5. The van der Waals surface area contributed by atoms with Crippen molar-refractivity contribution in [2.75, 3.05) is 0 Å². The molecule has 0 saturated carbocycles. The van der Waals surface area contributed by atoms with E-state index in [4.69, 9.17) is 19.9 Å². The maximum Gasteiger partial charge on any atom is 0.160 e. The highest BCUT2D eigenvalue weighted by Gasteiger charge is 2.13. The van der Waals surface area contributed by atoms with Gasteiger partial charge in [-0.1, -0.05) is 121 Å². The highest BCUT2D eigenvalue weighted by Crippen LogP contribution is 2.32. The van der Waals surface area contributed by atoms with Crippen LogP contribution in [-0.2, 0) is 0 Å². The first kappa shape index (κ1) is 27.5. The van der Waals surface area contributed by atoms with Crippen LogP contribution in [0, 0.1) is 13.8 Å². The molecule has 3 aromatic heterocycles. The van der Waals surface area contributed by atoms with Crippen LogP contribution in [0.4, 0.5) is 0 Å². The Bertz CT molecular complexity index is 2360. The number of benzene rings is 5. The van der Waals surface area contributed by atoms with Gasteiger partial charge < -0.3 is 0 Å². The van der Waals surface area contributed by atoms with E-state index < -0.39 is 0 Å². The zero-order valence-electron chi connectivity index (χ0n) is 25.6.